The molecule has 0 nitrogen and oxygen atoms in total. The Morgan fingerprint density at radius 3 is 2.00 bits per heavy atom. The van der Waals surface area contributed by atoms with Crippen LogP contribution in [0.4, 0.5) is 0 Å². The highest BCUT2D eigenvalue weighted by Gasteiger charge is 2.27. The van der Waals surface area contributed by atoms with Gasteiger partial charge in [0.05, 0.1) is 0 Å². The molecule has 0 aliphatic heterocycles. The lowest BCUT2D eigenvalue weighted by Gasteiger charge is -2.28. The van der Waals surface area contributed by atoms with Gasteiger partial charge < -0.3 is 0 Å². The molecular formula is C7H13Br3. The average molecular weight is 337 g/mol. The molecule has 0 saturated heterocycles. The van der Waals surface area contributed by atoms with Gasteiger partial charge in [0, 0.05) is 15.0 Å². The summed E-state index contributed by atoms with van der Waals surface area (Å²) in [6, 6.07) is 0. The molecule has 3 heteroatoms. The van der Waals surface area contributed by atoms with E-state index < -0.39 is 0 Å². The molecule has 2 atom stereocenters. The second-order valence-corrected chi connectivity index (χ2v) is 5.69. The number of hydrogen-bond donors (Lipinski definition) is 0. The minimum Gasteiger partial charge on any atom is -0.0925 e. The fraction of sp³-hybridized carbons (Fsp3) is 1.00. The fourth-order valence-electron chi connectivity index (χ4n) is 0.805. The molecule has 0 fully saturated rings. The molecule has 0 aromatic rings. The van der Waals surface area contributed by atoms with Gasteiger partial charge in [-0.15, -0.1) is 0 Å². The Bertz CT molecular complexity index is 86.9. The lowest BCUT2D eigenvalue weighted by atomic mass is 9.95. The molecule has 62 valence electrons. The quantitative estimate of drug-likeness (QED) is 0.682. The molecule has 0 radical (unpaired) electrons. The van der Waals surface area contributed by atoms with Gasteiger partial charge in [0.25, 0.3) is 0 Å². The topological polar surface area (TPSA) is 0 Å². The van der Waals surface area contributed by atoms with Gasteiger partial charge in [0.1, 0.15) is 0 Å². The van der Waals surface area contributed by atoms with Crippen LogP contribution in [0.2, 0.25) is 0 Å². The zero-order valence-electron chi connectivity index (χ0n) is 6.33. The van der Waals surface area contributed by atoms with Crippen LogP contribution in [-0.2, 0) is 0 Å². The summed E-state index contributed by atoms with van der Waals surface area (Å²) >= 11 is 10.7. The Kier molecular flexibility index (Phi) is 5.89. The first kappa shape index (κ1) is 11.4. The Hall–Kier alpha value is 1.44. The van der Waals surface area contributed by atoms with Crippen LogP contribution in [0.25, 0.3) is 0 Å². The zero-order valence-corrected chi connectivity index (χ0v) is 11.1. The van der Waals surface area contributed by atoms with E-state index in [2.05, 4.69) is 61.6 Å². The molecule has 0 bridgehead atoms. The summed E-state index contributed by atoms with van der Waals surface area (Å²) in [4.78, 5) is 0. The third kappa shape index (κ3) is 3.22. The second kappa shape index (κ2) is 5.15. The van der Waals surface area contributed by atoms with Gasteiger partial charge in [-0.3, -0.25) is 0 Å². The molecule has 0 heterocycles. The summed E-state index contributed by atoms with van der Waals surface area (Å²) in [7, 11) is 0. The normalized spacial score (nSPS) is 20.1. The van der Waals surface area contributed by atoms with E-state index in [-0.39, 0.29) is 4.32 Å². The molecule has 10 heavy (non-hydrogen) atoms. The van der Waals surface area contributed by atoms with Crippen molar-refractivity contribution in [3.63, 3.8) is 0 Å². The van der Waals surface area contributed by atoms with Crippen molar-refractivity contribution in [2.24, 2.45) is 5.92 Å². The van der Waals surface area contributed by atoms with Gasteiger partial charge in [0.15, 0.2) is 0 Å². The predicted molar refractivity (Wildman–Crippen MR) is 58.7 cm³/mol. The molecule has 0 saturated carbocycles. The van der Waals surface area contributed by atoms with E-state index in [0.717, 1.165) is 10.7 Å². The van der Waals surface area contributed by atoms with E-state index in [1.807, 2.05) is 0 Å². The van der Waals surface area contributed by atoms with E-state index in [1.54, 1.807) is 0 Å². The maximum absolute atomic E-state index is 3.69. The molecule has 0 aromatic carbocycles. The van der Waals surface area contributed by atoms with Crippen molar-refractivity contribution in [1.29, 1.82) is 0 Å². The summed E-state index contributed by atoms with van der Waals surface area (Å²) in [5.74, 6) is 0.701. The van der Waals surface area contributed by atoms with Crippen molar-refractivity contribution in [2.75, 3.05) is 10.7 Å². The van der Waals surface area contributed by atoms with Crippen molar-refractivity contribution >= 4 is 47.8 Å². The number of alkyl halides is 3. The van der Waals surface area contributed by atoms with Gasteiger partial charge >= 0.3 is 0 Å². The van der Waals surface area contributed by atoms with E-state index in [1.165, 1.54) is 6.42 Å². The second-order valence-electron chi connectivity index (χ2n) is 2.67. The average Bonchev–Trinajstić information content (AvgIpc) is 1.90. The molecule has 0 N–H and O–H groups in total. The molecule has 0 spiro atoms. The van der Waals surface area contributed by atoms with Crippen LogP contribution in [0.15, 0.2) is 0 Å². The Morgan fingerprint density at radius 1 is 1.40 bits per heavy atom. The van der Waals surface area contributed by atoms with Gasteiger partial charge in [0.2, 0.25) is 0 Å². The summed E-state index contributed by atoms with van der Waals surface area (Å²) in [5, 5.41) is 2.07. The lowest BCUT2D eigenvalue weighted by molar-refractivity contribution is 0.475. The van der Waals surface area contributed by atoms with Crippen molar-refractivity contribution in [3.05, 3.63) is 0 Å². The first-order valence-electron chi connectivity index (χ1n) is 3.39. The first-order chi connectivity index (χ1) is 4.58. The molecular weight excluding hydrogens is 324 g/mol. The third-order valence-electron chi connectivity index (χ3n) is 1.79. The van der Waals surface area contributed by atoms with Crippen LogP contribution < -0.4 is 0 Å². The Labute approximate surface area is 88.5 Å². The Morgan fingerprint density at radius 2 is 1.90 bits per heavy atom. The molecule has 0 aliphatic carbocycles. The highest BCUT2D eigenvalue weighted by atomic mass is 79.9. The molecule has 0 amide bonds. The smallest absolute Gasteiger partial charge is 0.0362 e. The van der Waals surface area contributed by atoms with Gasteiger partial charge in [-0.05, 0) is 12.8 Å². The van der Waals surface area contributed by atoms with Crippen LogP contribution >= 0.6 is 47.8 Å². The van der Waals surface area contributed by atoms with E-state index in [4.69, 9.17) is 0 Å². The van der Waals surface area contributed by atoms with Gasteiger partial charge in [-0.1, -0.05) is 61.1 Å². The summed E-state index contributed by atoms with van der Waals surface area (Å²) in [6.07, 6.45) is 1.21. The monoisotopic (exact) mass is 334 g/mol. The van der Waals surface area contributed by atoms with Crippen molar-refractivity contribution in [3.8, 4) is 0 Å². The van der Waals surface area contributed by atoms with Crippen LogP contribution in [-0.4, -0.2) is 15.0 Å². The summed E-state index contributed by atoms with van der Waals surface area (Å²) in [6.45, 7) is 4.44. The van der Waals surface area contributed by atoms with Crippen LogP contribution in [0.5, 0.6) is 0 Å². The number of hydrogen-bond acceptors (Lipinski definition) is 0. The van der Waals surface area contributed by atoms with Crippen LogP contribution in [0.3, 0.4) is 0 Å². The van der Waals surface area contributed by atoms with Crippen molar-refractivity contribution in [2.45, 2.75) is 24.6 Å². The predicted octanol–water partition coefficient (Wildman–Crippen LogP) is 3.96. The molecule has 0 rings (SSSR count). The minimum atomic E-state index is 0.241. The van der Waals surface area contributed by atoms with Crippen molar-refractivity contribution in [1.82, 2.24) is 0 Å². The Balaban J connectivity index is 3.97. The summed E-state index contributed by atoms with van der Waals surface area (Å²) in [5.41, 5.74) is 0. The standard InChI is InChI=1S/C7H13Br3/c1-3-6(4-8)7(2,10)5-9/h6H,3-5H2,1-2H3. The maximum Gasteiger partial charge on any atom is 0.0362 e. The van der Waals surface area contributed by atoms with Crippen molar-refractivity contribution < 1.29 is 0 Å². The molecule has 0 aromatic heterocycles. The molecule has 0 aliphatic rings. The van der Waals surface area contributed by atoms with Gasteiger partial charge in [-0.25, -0.2) is 0 Å². The maximum atomic E-state index is 3.69. The SMILES string of the molecule is CCC(CBr)C(C)(Br)CBr. The summed E-state index contributed by atoms with van der Waals surface area (Å²) < 4.78 is 0.241. The number of rotatable bonds is 4. The first-order valence-corrected chi connectivity index (χ1v) is 6.43. The van der Waals surface area contributed by atoms with Gasteiger partial charge in [-0.2, -0.15) is 0 Å². The highest BCUT2D eigenvalue weighted by molar-refractivity contribution is 9.12. The minimum absolute atomic E-state index is 0.241. The van der Waals surface area contributed by atoms with Crippen LogP contribution in [0, 0.1) is 5.92 Å². The lowest BCUT2D eigenvalue weighted by Crippen LogP contribution is -2.30. The van der Waals surface area contributed by atoms with Crippen LogP contribution in [0.1, 0.15) is 20.3 Å². The molecule has 2 unspecified atom stereocenters. The van der Waals surface area contributed by atoms with E-state index in [9.17, 15) is 0 Å². The zero-order chi connectivity index (χ0) is 8.20. The van der Waals surface area contributed by atoms with E-state index in [0.29, 0.717) is 5.92 Å². The number of halogens is 3. The third-order valence-corrected chi connectivity index (χ3v) is 5.42. The van der Waals surface area contributed by atoms with E-state index >= 15 is 0 Å². The largest absolute Gasteiger partial charge is 0.0925 e. The highest BCUT2D eigenvalue weighted by Crippen LogP contribution is 2.32. The fourth-order valence-corrected chi connectivity index (χ4v) is 3.35.